The highest BCUT2D eigenvalue weighted by Crippen LogP contribution is 2.32. The molecule has 0 fully saturated rings. The zero-order chi connectivity index (χ0) is 19.8. The topological polar surface area (TPSA) is 49.8 Å². The Balaban J connectivity index is 1.54. The molecule has 4 heteroatoms. The lowest BCUT2D eigenvalue weighted by Crippen LogP contribution is -2.38. The Morgan fingerprint density at radius 3 is 2.71 bits per heavy atom. The van der Waals surface area contributed by atoms with Gasteiger partial charge in [-0.05, 0) is 67.2 Å². The first kappa shape index (κ1) is 19.2. The van der Waals surface area contributed by atoms with Crippen LogP contribution in [-0.2, 0) is 19.3 Å². The SMILES string of the molecule is Cc1cc2c(nc1[C@H](C)Cc1ccc3c(n1)NC(C(C)C)C(C)C3)NCCC2. The van der Waals surface area contributed by atoms with Gasteiger partial charge in [0.15, 0.2) is 0 Å². The van der Waals surface area contributed by atoms with Crippen LogP contribution in [0.4, 0.5) is 11.6 Å². The highest BCUT2D eigenvalue weighted by atomic mass is 15.0. The lowest BCUT2D eigenvalue weighted by Gasteiger charge is -2.34. The van der Waals surface area contributed by atoms with E-state index < -0.39 is 0 Å². The molecule has 4 rings (SSSR count). The van der Waals surface area contributed by atoms with Crippen molar-refractivity contribution in [2.24, 2.45) is 11.8 Å². The maximum atomic E-state index is 5.01. The molecule has 0 aromatic carbocycles. The van der Waals surface area contributed by atoms with Gasteiger partial charge in [-0.2, -0.15) is 0 Å². The Morgan fingerprint density at radius 2 is 1.93 bits per heavy atom. The minimum absolute atomic E-state index is 0.350. The van der Waals surface area contributed by atoms with Crippen LogP contribution in [0.25, 0.3) is 0 Å². The molecule has 4 heterocycles. The van der Waals surface area contributed by atoms with E-state index in [4.69, 9.17) is 9.97 Å². The summed E-state index contributed by atoms with van der Waals surface area (Å²) in [5.41, 5.74) is 6.38. The highest BCUT2D eigenvalue weighted by Gasteiger charge is 2.28. The van der Waals surface area contributed by atoms with Crippen molar-refractivity contribution in [1.29, 1.82) is 0 Å². The number of hydrogen-bond acceptors (Lipinski definition) is 4. The number of pyridine rings is 2. The number of rotatable bonds is 4. The average Bonchev–Trinajstić information content (AvgIpc) is 2.66. The van der Waals surface area contributed by atoms with E-state index in [-0.39, 0.29) is 0 Å². The van der Waals surface area contributed by atoms with Gasteiger partial charge in [0, 0.05) is 29.9 Å². The molecule has 4 nitrogen and oxygen atoms in total. The Morgan fingerprint density at radius 1 is 1.11 bits per heavy atom. The fourth-order valence-electron chi connectivity index (χ4n) is 4.95. The molecule has 2 N–H and O–H groups in total. The molecule has 0 bridgehead atoms. The molecule has 2 unspecified atom stereocenters. The summed E-state index contributed by atoms with van der Waals surface area (Å²) in [6.07, 6.45) is 4.37. The van der Waals surface area contributed by atoms with Gasteiger partial charge >= 0.3 is 0 Å². The minimum atomic E-state index is 0.350. The van der Waals surface area contributed by atoms with E-state index in [1.165, 1.54) is 28.8 Å². The average molecular weight is 379 g/mol. The summed E-state index contributed by atoms with van der Waals surface area (Å²) in [5, 5.41) is 7.19. The predicted octanol–water partition coefficient (Wildman–Crippen LogP) is 5.12. The van der Waals surface area contributed by atoms with Crippen LogP contribution in [0.3, 0.4) is 0 Å². The smallest absolute Gasteiger partial charge is 0.129 e. The van der Waals surface area contributed by atoms with Crippen LogP contribution in [0.15, 0.2) is 18.2 Å². The predicted molar refractivity (Wildman–Crippen MR) is 117 cm³/mol. The van der Waals surface area contributed by atoms with E-state index in [1.807, 2.05) is 0 Å². The lowest BCUT2D eigenvalue weighted by atomic mass is 9.84. The quantitative estimate of drug-likeness (QED) is 0.775. The van der Waals surface area contributed by atoms with Crippen LogP contribution in [0.1, 0.15) is 68.1 Å². The molecule has 150 valence electrons. The van der Waals surface area contributed by atoms with E-state index >= 15 is 0 Å². The fourth-order valence-corrected chi connectivity index (χ4v) is 4.95. The lowest BCUT2D eigenvalue weighted by molar-refractivity contribution is 0.373. The van der Waals surface area contributed by atoms with E-state index in [0.717, 1.165) is 43.1 Å². The van der Waals surface area contributed by atoms with Gasteiger partial charge in [-0.3, -0.25) is 0 Å². The third-order valence-electron chi connectivity index (χ3n) is 6.44. The van der Waals surface area contributed by atoms with Gasteiger partial charge in [0.25, 0.3) is 0 Å². The van der Waals surface area contributed by atoms with Crippen LogP contribution >= 0.6 is 0 Å². The Hall–Kier alpha value is -2.10. The fraction of sp³-hybridized carbons (Fsp3) is 0.583. The first-order valence-corrected chi connectivity index (χ1v) is 10.9. The third-order valence-corrected chi connectivity index (χ3v) is 6.44. The first-order valence-electron chi connectivity index (χ1n) is 10.9. The van der Waals surface area contributed by atoms with Crippen LogP contribution in [0.5, 0.6) is 0 Å². The van der Waals surface area contributed by atoms with Gasteiger partial charge in [-0.15, -0.1) is 0 Å². The van der Waals surface area contributed by atoms with Gasteiger partial charge < -0.3 is 10.6 Å². The van der Waals surface area contributed by atoms with Crippen LogP contribution < -0.4 is 10.6 Å². The van der Waals surface area contributed by atoms with Crippen molar-refractivity contribution in [3.8, 4) is 0 Å². The number of nitrogens with one attached hydrogen (secondary N) is 2. The highest BCUT2D eigenvalue weighted by molar-refractivity contribution is 5.51. The number of anilines is 2. The van der Waals surface area contributed by atoms with Gasteiger partial charge in [0.05, 0.1) is 0 Å². The molecule has 28 heavy (non-hydrogen) atoms. The summed E-state index contributed by atoms with van der Waals surface area (Å²) in [4.78, 5) is 10.00. The number of aromatic nitrogens is 2. The van der Waals surface area contributed by atoms with E-state index in [0.29, 0.717) is 23.8 Å². The van der Waals surface area contributed by atoms with Crippen LogP contribution in [0, 0.1) is 18.8 Å². The molecule has 0 saturated carbocycles. The number of nitrogens with zero attached hydrogens (tertiary/aromatic N) is 2. The van der Waals surface area contributed by atoms with E-state index in [2.05, 4.69) is 63.5 Å². The van der Waals surface area contributed by atoms with E-state index in [1.54, 1.807) is 0 Å². The molecule has 0 saturated heterocycles. The molecule has 0 aliphatic carbocycles. The first-order chi connectivity index (χ1) is 13.4. The van der Waals surface area contributed by atoms with Crippen molar-refractivity contribution in [2.75, 3.05) is 17.2 Å². The summed E-state index contributed by atoms with van der Waals surface area (Å²) < 4.78 is 0. The second-order valence-electron chi connectivity index (χ2n) is 9.24. The second-order valence-corrected chi connectivity index (χ2v) is 9.24. The van der Waals surface area contributed by atoms with Gasteiger partial charge in [-0.1, -0.05) is 39.8 Å². The molecular weight excluding hydrogens is 344 g/mol. The van der Waals surface area contributed by atoms with Gasteiger partial charge in [-0.25, -0.2) is 9.97 Å². The summed E-state index contributed by atoms with van der Waals surface area (Å²) in [5.74, 6) is 3.80. The van der Waals surface area contributed by atoms with Crippen molar-refractivity contribution in [2.45, 2.75) is 72.3 Å². The molecule has 2 aliphatic rings. The van der Waals surface area contributed by atoms with Gasteiger partial charge in [0.2, 0.25) is 0 Å². The van der Waals surface area contributed by atoms with Crippen molar-refractivity contribution >= 4 is 11.6 Å². The minimum Gasteiger partial charge on any atom is -0.370 e. The maximum Gasteiger partial charge on any atom is 0.129 e. The largest absolute Gasteiger partial charge is 0.370 e. The van der Waals surface area contributed by atoms with Gasteiger partial charge in [0.1, 0.15) is 11.6 Å². The van der Waals surface area contributed by atoms with Crippen molar-refractivity contribution < 1.29 is 0 Å². The van der Waals surface area contributed by atoms with Crippen molar-refractivity contribution in [1.82, 2.24) is 9.97 Å². The van der Waals surface area contributed by atoms with Crippen LogP contribution in [-0.4, -0.2) is 22.6 Å². The number of fused-ring (bicyclic) bond motifs is 2. The standard InChI is InChI=1S/C24H34N4/c1-14(2)21-15(3)11-19-8-9-20(26-24(19)27-21)13-17(5)22-16(4)12-18-7-6-10-25-23(18)28-22/h8-9,12,14-15,17,21H,6-7,10-11,13H2,1-5H3,(H,25,28)(H,26,27)/t15?,17-,21?/m1/s1. The van der Waals surface area contributed by atoms with E-state index in [9.17, 15) is 0 Å². The normalized spacial score (nSPS) is 22.1. The number of hydrogen-bond donors (Lipinski definition) is 2. The zero-order valence-corrected chi connectivity index (χ0v) is 18.0. The zero-order valence-electron chi connectivity index (χ0n) is 18.0. The van der Waals surface area contributed by atoms with Crippen LogP contribution in [0.2, 0.25) is 0 Å². The molecule has 3 atom stereocenters. The summed E-state index contributed by atoms with van der Waals surface area (Å²) in [6.45, 7) is 12.4. The maximum absolute atomic E-state index is 5.01. The molecule has 2 aromatic rings. The Labute approximate surface area is 169 Å². The van der Waals surface area contributed by atoms with Crippen molar-refractivity contribution in [3.63, 3.8) is 0 Å². The monoisotopic (exact) mass is 378 g/mol. The number of aryl methyl sites for hydroxylation is 2. The summed E-state index contributed by atoms with van der Waals surface area (Å²) >= 11 is 0. The Bertz CT molecular complexity index is 858. The molecule has 0 radical (unpaired) electrons. The molecule has 2 aromatic heterocycles. The Kier molecular flexibility index (Phi) is 5.31. The molecular formula is C24H34N4. The second kappa shape index (κ2) is 7.73. The molecule has 0 spiro atoms. The third kappa shape index (κ3) is 3.74. The summed E-state index contributed by atoms with van der Waals surface area (Å²) in [6, 6.07) is 7.32. The molecule has 0 amide bonds. The summed E-state index contributed by atoms with van der Waals surface area (Å²) in [7, 11) is 0. The van der Waals surface area contributed by atoms with Crippen molar-refractivity contribution in [3.05, 3.63) is 46.3 Å². The molecule has 2 aliphatic heterocycles.